The molecule has 4 rings (SSSR count). The SMILES string of the molecule is O=C(CN1c2ccccc2C(C(=O)Oc2c(Cl)cc(Cl)cc2Cl)c2ccccc21)OS(=O)(=O)C(F)(F)F. The van der Waals surface area contributed by atoms with Crippen molar-refractivity contribution in [3.63, 3.8) is 0 Å². The Morgan fingerprint density at radius 2 is 1.38 bits per heavy atom. The zero-order valence-electron chi connectivity index (χ0n) is 18.1. The lowest BCUT2D eigenvalue weighted by Gasteiger charge is -2.36. The average Bonchev–Trinajstić information content (AvgIpc) is 2.80. The molecule has 0 aliphatic carbocycles. The molecule has 1 heterocycles. The zero-order valence-corrected chi connectivity index (χ0v) is 21.2. The molecule has 1 aliphatic heterocycles. The molecule has 7 nitrogen and oxygen atoms in total. The lowest BCUT2D eigenvalue weighted by molar-refractivity contribution is -0.135. The maximum absolute atomic E-state index is 13.4. The van der Waals surface area contributed by atoms with Gasteiger partial charge in [-0.05, 0) is 35.4 Å². The highest BCUT2D eigenvalue weighted by Crippen LogP contribution is 2.47. The van der Waals surface area contributed by atoms with Gasteiger partial charge in [0.2, 0.25) is 0 Å². The second-order valence-electron chi connectivity index (χ2n) is 7.61. The lowest BCUT2D eigenvalue weighted by atomic mass is 9.85. The number of para-hydroxylation sites is 2. The van der Waals surface area contributed by atoms with Crippen molar-refractivity contribution in [1.29, 1.82) is 0 Å². The Bertz CT molecular complexity index is 1440. The fraction of sp³-hybridized carbons (Fsp3) is 0.130. The van der Waals surface area contributed by atoms with Gasteiger partial charge in [0.05, 0.1) is 10.0 Å². The molecule has 0 radical (unpaired) electrons. The summed E-state index contributed by atoms with van der Waals surface area (Å²) in [6, 6.07) is 15.1. The van der Waals surface area contributed by atoms with Crippen molar-refractivity contribution in [2.75, 3.05) is 11.4 Å². The number of esters is 1. The minimum Gasteiger partial charge on any atom is -0.423 e. The first-order chi connectivity index (χ1) is 17.3. The second-order valence-corrected chi connectivity index (χ2v) is 10.4. The molecule has 194 valence electrons. The van der Waals surface area contributed by atoms with Crippen molar-refractivity contribution in [3.05, 3.63) is 86.9 Å². The third kappa shape index (κ3) is 5.35. The average molecular weight is 595 g/mol. The van der Waals surface area contributed by atoms with Crippen LogP contribution in [-0.2, 0) is 23.9 Å². The van der Waals surface area contributed by atoms with Crippen molar-refractivity contribution >= 4 is 68.2 Å². The fourth-order valence-electron chi connectivity index (χ4n) is 3.79. The van der Waals surface area contributed by atoms with Gasteiger partial charge < -0.3 is 13.8 Å². The fourth-order valence-corrected chi connectivity index (χ4v) is 5.07. The highest BCUT2D eigenvalue weighted by atomic mass is 35.5. The number of rotatable bonds is 5. The first kappa shape index (κ1) is 27.1. The van der Waals surface area contributed by atoms with E-state index in [0.717, 1.165) is 0 Å². The minimum absolute atomic E-state index is 0.0153. The number of alkyl halides is 3. The Hall–Kier alpha value is -2.99. The molecule has 1 aliphatic rings. The molecule has 0 N–H and O–H groups in total. The number of carbonyl (C=O) groups excluding carboxylic acids is 2. The Labute approximate surface area is 223 Å². The van der Waals surface area contributed by atoms with Crippen LogP contribution < -0.4 is 9.64 Å². The highest BCUT2D eigenvalue weighted by Gasteiger charge is 2.50. The number of anilines is 2. The molecule has 3 aromatic carbocycles. The van der Waals surface area contributed by atoms with Crippen LogP contribution in [0, 0.1) is 0 Å². The maximum Gasteiger partial charge on any atom is 0.534 e. The zero-order chi connectivity index (χ0) is 27.1. The van der Waals surface area contributed by atoms with Crippen molar-refractivity contribution in [2.24, 2.45) is 0 Å². The summed E-state index contributed by atoms with van der Waals surface area (Å²) in [7, 11) is -6.16. The molecule has 0 fully saturated rings. The van der Waals surface area contributed by atoms with Gasteiger partial charge in [-0.1, -0.05) is 71.2 Å². The number of hydrogen-bond acceptors (Lipinski definition) is 7. The summed E-state index contributed by atoms with van der Waals surface area (Å²) in [6.07, 6.45) is 0. The van der Waals surface area contributed by atoms with E-state index in [2.05, 4.69) is 4.18 Å². The molecule has 14 heteroatoms. The molecule has 0 bridgehead atoms. The number of nitrogens with zero attached hydrogens (tertiary/aromatic N) is 1. The minimum atomic E-state index is -6.16. The Morgan fingerprint density at radius 1 is 0.892 bits per heavy atom. The summed E-state index contributed by atoms with van der Waals surface area (Å²) in [5.41, 5.74) is -4.67. The van der Waals surface area contributed by atoms with Crippen LogP contribution in [0.2, 0.25) is 15.1 Å². The van der Waals surface area contributed by atoms with Crippen molar-refractivity contribution in [2.45, 2.75) is 11.4 Å². The topological polar surface area (TPSA) is 90.0 Å². The number of ether oxygens (including phenoxy) is 1. The van der Waals surface area contributed by atoms with Crippen LogP contribution in [0.15, 0.2) is 60.7 Å². The molecule has 0 atom stereocenters. The second kappa shape index (κ2) is 10.1. The molecule has 0 amide bonds. The largest absolute Gasteiger partial charge is 0.534 e. The predicted octanol–water partition coefficient (Wildman–Crippen LogP) is 6.23. The van der Waals surface area contributed by atoms with Gasteiger partial charge in [-0.3, -0.25) is 4.79 Å². The van der Waals surface area contributed by atoms with Gasteiger partial charge >= 0.3 is 27.6 Å². The van der Waals surface area contributed by atoms with E-state index < -0.39 is 40.0 Å². The van der Waals surface area contributed by atoms with Gasteiger partial charge in [0.25, 0.3) is 0 Å². The third-order valence-electron chi connectivity index (χ3n) is 5.25. The summed E-state index contributed by atoms with van der Waals surface area (Å²) in [5, 5.41) is 0.190. The van der Waals surface area contributed by atoms with Gasteiger partial charge in [0.1, 0.15) is 12.5 Å². The van der Waals surface area contributed by atoms with Crippen LogP contribution in [0.4, 0.5) is 24.5 Å². The summed E-state index contributed by atoms with van der Waals surface area (Å²) in [6.45, 7) is -0.903. The predicted molar refractivity (Wildman–Crippen MR) is 130 cm³/mol. The molecule has 0 unspecified atom stereocenters. The molecular formula is C23H13Cl3F3NO6S. The van der Waals surface area contributed by atoms with Crippen molar-refractivity contribution < 1.29 is 40.1 Å². The van der Waals surface area contributed by atoms with Gasteiger partial charge in [-0.25, -0.2) is 4.79 Å². The normalized spacial score (nSPS) is 13.5. The summed E-state index contributed by atoms with van der Waals surface area (Å²) >= 11 is 18.2. The van der Waals surface area contributed by atoms with Crippen LogP contribution in [0.1, 0.15) is 17.0 Å². The number of carbonyl (C=O) groups is 2. The smallest absolute Gasteiger partial charge is 0.423 e. The first-order valence-corrected chi connectivity index (χ1v) is 12.7. The van der Waals surface area contributed by atoms with E-state index >= 15 is 0 Å². The molecular weight excluding hydrogens is 582 g/mol. The molecule has 0 aromatic heterocycles. The number of halogens is 6. The van der Waals surface area contributed by atoms with E-state index in [4.69, 9.17) is 39.5 Å². The number of benzene rings is 3. The molecule has 0 saturated heterocycles. The van der Waals surface area contributed by atoms with Gasteiger partial charge in [-0.2, -0.15) is 21.6 Å². The van der Waals surface area contributed by atoms with Crippen LogP contribution in [0.3, 0.4) is 0 Å². The van der Waals surface area contributed by atoms with E-state index in [0.29, 0.717) is 11.1 Å². The number of hydrogen-bond donors (Lipinski definition) is 0. The maximum atomic E-state index is 13.4. The Balaban J connectivity index is 1.73. The van der Waals surface area contributed by atoms with Gasteiger partial charge in [0.15, 0.2) is 5.75 Å². The Kier molecular flexibility index (Phi) is 7.35. The summed E-state index contributed by atoms with van der Waals surface area (Å²) < 4.78 is 70.0. The third-order valence-corrected chi connectivity index (χ3v) is 7.00. The van der Waals surface area contributed by atoms with E-state index in [9.17, 15) is 31.2 Å². The monoisotopic (exact) mass is 593 g/mol. The van der Waals surface area contributed by atoms with Crippen LogP contribution in [0.25, 0.3) is 0 Å². The molecule has 0 spiro atoms. The van der Waals surface area contributed by atoms with Crippen molar-refractivity contribution in [1.82, 2.24) is 0 Å². The van der Waals surface area contributed by atoms with Crippen molar-refractivity contribution in [3.8, 4) is 5.75 Å². The van der Waals surface area contributed by atoms with Crippen LogP contribution >= 0.6 is 34.8 Å². The lowest BCUT2D eigenvalue weighted by Crippen LogP contribution is -2.36. The highest BCUT2D eigenvalue weighted by molar-refractivity contribution is 7.88. The molecule has 3 aromatic rings. The van der Waals surface area contributed by atoms with Gasteiger partial charge in [0, 0.05) is 16.4 Å². The Morgan fingerprint density at radius 3 is 1.86 bits per heavy atom. The van der Waals surface area contributed by atoms with E-state index in [1.807, 2.05) is 0 Å². The van der Waals surface area contributed by atoms with E-state index in [1.165, 1.54) is 29.2 Å². The summed E-state index contributed by atoms with van der Waals surface area (Å²) in [5.74, 6) is -3.67. The van der Waals surface area contributed by atoms with E-state index in [-0.39, 0.29) is 32.2 Å². The van der Waals surface area contributed by atoms with Crippen LogP contribution in [0.5, 0.6) is 5.75 Å². The van der Waals surface area contributed by atoms with E-state index in [1.54, 1.807) is 36.4 Å². The quantitative estimate of drug-likeness (QED) is 0.150. The standard InChI is InChI=1S/C23H13Cl3F3NO6S/c24-12-9-15(25)21(16(26)10-12)35-22(32)20-13-5-1-3-7-17(13)30(18-8-4-2-6-14(18)20)11-19(31)36-37(33,34)23(27,28)29/h1-10,20H,11H2. The first-order valence-electron chi connectivity index (χ1n) is 10.2. The molecule has 0 saturated carbocycles. The van der Waals surface area contributed by atoms with Gasteiger partial charge in [-0.15, -0.1) is 0 Å². The number of fused-ring (bicyclic) bond motifs is 2. The molecule has 37 heavy (non-hydrogen) atoms. The van der Waals surface area contributed by atoms with Crippen LogP contribution in [-0.4, -0.2) is 32.4 Å². The summed E-state index contributed by atoms with van der Waals surface area (Å²) in [4.78, 5) is 26.9.